The molecule has 0 unspecified atom stereocenters. The van der Waals surface area contributed by atoms with E-state index in [-0.39, 0.29) is 44.2 Å². The lowest BCUT2D eigenvalue weighted by Crippen LogP contribution is -2.29. The molecular formula is C35H36F4N2O10S4. The highest BCUT2D eigenvalue weighted by molar-refractivity contribution is 7.99. The molecule has 55 heavy (non-hydrogen) atoms. The number of nitrogens with one attached hydrogen (secondary N) is 1. The average Bonchev–Trinajstić information content (AvgIpc) is 3.16. The molecule has 0 heterocycles. The standard InChI is InChI=1S/C18H19F2NO5S2.C17H17F2NO5S2/c1-21(28(23,24)14-6-4-3-5-7-14)8-9-27-13-10-15(19)18(16(20)11-13)26-12-17(22)25-2;1-24-16(21)11-25-17-14(18)9-12(10-15(17)19)26-8-7-20-27(22,23)13-5-3-2-4-6-13/h3-7,10-11H,8-9,12H2,1-2H3;2-6,9-10,20H,7-8,11H2,1H3. The summed E-state index contributed by atoms with van der Waals surface area (Å²) < 4.78 is 127. The number of esters is 2. The third-order valence-corrected chi connectivity index (χ3v) is 12.2. The number of carbonyl (C=O) groups is 2. The monoisotopic (exact) mass is 848 g/mol. The van der Waals surface area contributed by atoms with Gasteiger partial charge in [0.05, 0.1) is 24.0 Å². The second-order valence-electron chi connectivity index (χ2n) is 10.7. The van der Waals surface area contributed by atoms with Crippen LogP contribution in [0.25, 0.3) is 0 Å². The highest BCUT2D eigenvalue weighted by Crippen LogP contribution is 2.30. The molecule has 0 fully saturated rings. The summed E-state index contributed by atoms with van der Waals surface area (Å²) in [5.41, 5.74) is 0. The molecule has 4 aromatic rings. The van der Waals surface area contributed by atoms with E-state index in [9.17, 15) is 44.0 Å². The zero-order valence-corrected chi connectivity index (χ0v) is 32.8. The van der Waals surface area contributed by atoms with E-state index in [0.717, 1.165) is 62.0 Å². The first-order valence-electron chi connectivity index (χ1n) is 15.8. The fourth-order valence-electron chi connectivity index (χ4n) is 4.11. The Bertz CT molecular complexity index is 2070. The van der Waals surface area contributed by atoms with E-state index >= 15 is 0 Å². The van der Waals surface area contributed by atoms with E-state index in [0.29, 0.717) is 0 Å². The first-order valence-corrected chi connectivity index (χ1v) is 20.7. The zero-order valence-electron chi connectivity index (χ0n) is 29.5. The maximum absolute atomic E-state index is 14.0. The summed E-state index contributed by atoms with van der Waals surface area (Å²) in [4.78, 5) is 22.8. The third-order valence-electron chi connectivity index (χ3n) is 6.91. The van der Waals surface area contributed by atoms with Crippen LogP contribution in [-0.4, -0.2) is 92.2 Å². The van der Waals surface area contributed by atoms with E-state index in [1.54, 1.807) is 36.4 Å². The van der Waals surface area contributed by atoms with Crippen molar-refractivity contribution in [3.63, 3.8) is 0 Å². The Labute approximate surface area is 324 Å². The number of nitrogens with zero attached hydrogens (tertiary/aromatic N) is 1. The van der Waals surface area contributed by atoms with Crippen molar-refractivity contribution in [3.05, 3.63) is 108 Å². The molecule has 1 N–H and O–H groups in total. The van der Waals surface area contributed by atoms with Gasteiger partial charge in [-0.15, -0.1) is 23.5 Å². The van der Waals surface area contributed by atoms with Crippen LogP contribution in [0, 0.1) is 23.3 Å². The molecule has 0 saturated carbocycles. The molecular weight excluding hydrogens is 813 g/mol. The summed E-state index contributed by atoms with van der Waals surface area (Å²) in [6.45, 7) is -1.01. The number of ether oxygens (including phenoxy) is 4. The van der Waals surface area contributed by atoms with Crippen LogP contribution in [0.4, 0.5) is 17.6 Å². The number of hydrogen-bond acceptors (Lipinski definition) is 12. The number of hydrogen-bond donors (Lipinski definition) is 1. The molecule has 0 saturated heterocycles. The van der Waals surface area contributed by atoms with Crippen LogP contribution in [0.3, 0.4) is 0 Å². The van der Waals surface area contributed by atoms with Crippen LogP contribution in [0.5, 0.6) is 11.5 Å². The van der Waals surface area contributed by atoms with Crippen molar-refractivity contribution in [2.75, 3.05) is 59.1 Å². The first kappa shape index (κ1) is 45.1. The average molecular weight is 849 g/mol. The van der Waals surface area contributed by atoms with Crippen LogP contribution in [0.15, 0.2) is 105 Å². The first-order chi connectivity index (χ1) is 26.1. The van der Waals surface area contributed by atoms with E-state index in [4.69, 9.17) is 9.47 Å². The van der Waals surface area contributed by atoms with Gasteiger partial charge in [0.2, 0.25) is 20.0 Å². The van der Waals surface area contributed by atoms with Crippen LogP contribution >= 0.6 is 23.5 Å². The Hall–Kier alpha value is -4.34. The Morgan fingerprint density at radius 3 is 1.47 bits per heavy atom. The Balaban J connectivity index is 0.000000296. The molecule has 4 rings (SSSR count). The van der Waals surface area contributed by atoms with Crippen molar-refractivity contribution in [2.45, 2.75) is 19.6 Å². The van der Waals surface area contributed by atoms with E-state index in [1.165, 1.54) is 35.6 Å². The Morgan fingerprint density at radius 1 is 0.655 bits per heavy atom. The molecule has 0 aliphatic rings. The van der Waals surface area contributed by atoms with Gasteiger partial charge in [0, 0.05) is 41.4 Å². The molecule has 4 aromatic carbocycles. The minimum Gasteiger partial charge on any atom is -0.476 e. The molecule has 0 radical (unpaired) electrons. The molecule has 20 heteroatoms. The number of thioether (sulfide) groups is 2. The topological polar surface area (TPSA) is 155 Å². The van der Waals surface area contributed by atoms with Crippen molar-refractivity contribution in [1.29, 1.82) is 0 Å². The normalized spacial score (nSPS) is 11.3. The summed E-state index contributed by atoms with van der Waals surface area (Å²) in [5, 5.41) is 0. The lowest BCUT2D eigenvalue weighted by Gasteiger charge is -2.17. The fraction of sp³-hybridized carbons (Fsp3) is 0.257. The zero-order chi connectivity index (χ0) is 40.6. The molecule has 298 valence electrons. The van der Waals surface area contributed by atoms with Crippen LogP contribution in [0.2, 0.25) is 0 Å². The van der Waals surface area contributed by atoms with Crippen molar-refractivity contribution in [3.8, 4) is 11.5 Å². The Morgan fingerprint density at radius 2 is 1.05 bits per heavy atom. The van der Waals surface area contributed by atoms with Crippen LogP contribution < -0.4 is 14.2 Å². The maximum Gasteiger partial charge on any atom is 0.343 e. The van der Waals surface area contributed by atoms with Gasteiger partial charge >= 0.3 is 11.9 Å². The number of rotatable bonds is 18. The van der Waals surface area contributed by atoms with Gasteiger partial charge in [-0.3, -0.25) is 0 Å². The number of methoxy groups -OCH3 is 2. The van der Waals surface area contributed by atoms with Crippen molar-refractivity contribution in [2.24, 2.45) is 0 Å². The highest BCUT2D eigenvalue weighted by Gasteiger charge is 2.21. The molecule has 0 bridgehead atoms. The smallest absolute Gasteiger partial charge is 0.343 e. The summed E-state index contributed by atoms with van der Waals surface area (Å²) >= 11 is 2.16. The molecule has 0 aliphatic carbocycles. The molecule has 0 amide bonds. The number of halogens is 4. The minimum absolute atomic E-state index is 0.0751. The third kappa shape index (κ3) is 14.0. The van der Waals surface area contributed by atoms with Gasteiger partial charge in [0.15, 0.2) is 48.0 Å². The molecule has 0 spiro atoms. The number of sulfonamides is 2. The molecule has 0 atom stereocenters. The molecule has 0 aliphatic heterocycles. The predicted molar refractivity (Wildman–Crippen MR) is 197 cm³/mol. The lowest BCUT2D eigenvalue weighted by atomic mass is 10.3. The highest BCUT2D eigenvalue weighted by atomic mass is 32.2. The van der Waals surface area contributed by atoms with Gasteiger partial charge in [-0.2, -0.15) is 0 Å². The predicted octanol–water partition coefficient (Wildman–Crippen LogP) is 5.52. The maximum atomic E-state index is 14.0. The Kier molecular flexibility index (Phi) is 17.8. The molecule has 12 nitrogen and oxygen atoms in total. The van der Waals surface area contributed by atoms with Crippen molar-refractivity contribution >= 4 is 55.5 Å². The second kappa shape index (κ2) is 21.7. The fourth-order valence-corrected chi connectivity index (χ4v) is 8.39. The largest absolute Gasteiger partial charge is 0.476 e. The van der Waals surface area contributed by atoms with Crippen LogP contribution in [0.1, 0.15) is 0 Å². The summed E-state index contributed by atoms with van der Waals surface area (Å²) in [5.74, 6) is -6.19. The quantitative estimate of drug-likeness (QED) is 0.0581. The number of benzene rings is 4. The van der Waals surface area contributed by atoms with Gasteiger partial charge in [0.25, 0.3) is 0 Å². The van der Waals surface area contributed by atoms with Gasteiger partial charge in [-0.25, -0.2) is 53.0 Å². The summed E-state index contributed by atoms with van der Waals surface area (Å²) in [6.07, 6.45) is 0. The SMILES string of the molecule is COC(=O)COc1c(F)cc(SCCN(C)S(=O)(=O)c2ccccc2)cc1F.COC(=O)COc1c(F)cc(SCCNS(=O)(=O)c2ccccc2)cc1F. The molecule has 0 aromatic heterocycles. The van der Waals surface area contributed by atoms with E-state index in [2.05, 4.69) is 14.2 Å². The minimum atomic E-state index is -3.63. The van der Waals surface area contributed by atoms with Crippen LogP contribution in [-0.2, 0) is 39.1 Å². The second-order valence-corrected chi connectivity index (χ2v) is 16.9. The van der Waals surface area contributed by atoms with Gasteiger partial charge in [-0.1, -0.05) is 36.4 Å². The number of carbonyl (C=O) groups excluding carboxylic acids is 2. The van der Waals surface area contributed by atoms with Crippen molar-refractivity contribution < 1.29 is 62.9 Å². The van der Waals surface area contributed by atoms with Gasteiger partial charge in [-0.05, 0) is 48.5 Å². The summed E-state index contributed by atoms with van der Waals surface area (Å²) in [6, 6.07) is 20.0. The van der Waals surface area contributed by atoms with E-state index < -0.39 is 80.0 Å². The van der Waals surface area contributed by atoms with Crippen molar-refractivity contribution in [1.82, 2.24) is 9.03 Å². The van der Waals surface area contributed by atoms with Gasteiger partial charge < -0.3 is 18.9 Å². The van der Waals surface area contributed by atoms with Gasteiger partial charge in [0.1, 0.15) is 0 Å². The summed E-state index contributed by atoms with van der Waals surface area (Å²) in [7, 11) is -3.56. The lowest BCUT2D eigenvalue weighted by molar-refractivity contribution is -0.143. The van der Waals surface area contributed by atoms with E-state index in [1.807, 2.05) is 0 Å².